The number of carbonyl (C=O) groups is 2. The fraction of sp³-hybridized carbons (Fsp3) is 0.250. The molecule has 0 aliphatic heterocycles. The minimum atomic E-state index is -4.38. The van der Waals surface area contributed by atoms with Crippen LogP contribution >= 0.6 is 0 Å². The third kappa shape index (κ3) is 6.35. The number of fused-ring (bicyclic) bond motifs is 1. The van der Waals surface area contributed by atoms with Gasteiger partial charge in [0.2, 0.25) is 5.91 Å². The maximum Gasteiger partial charge on any atom is 0.416 e. The predicted molar refractivity (Wildman–Crippen MR) is 136 cm³/mol. The first-order valence-electron chi connectivity index (χ1n) is 11.7. The van der Waals surface area contributed by atoms with Gasteiger partial charge in [0.15, 0.2) is 0 Å². The molecule has 0 radical (unpaired) electrons. The number of amides is 2. The molecule has 2 N–H and O–H groups in total. The van der Waals surface area contributed by atoms with Gasteiger partial charge in [0.05, 0.1) is 23.3 Å². The van der Waals surface area contributed by atoms with Crippen LogP contribution in [-0.4, -0.2) is 21.6 Å². The Bertz CT molecular complexity index is 1430. The molecule has 0 fully saturated rings. The number of alkyl halides is 3. The standard InChI is InChI=1S/C28H27F3N4O2/c1-27(2,3)26(37)32-15-19-6-4-7-20(14-19)25(36)33-23-8-5-9-24-22(23)17-35(34-24)16-18-10-12-21(13-11-18)28(29,30)31/h4-14,17H,15-16H2,1-3H3,(H,32,37)(H,33,36). The number of nitrogens with zero attached hydrogens (tertiary/aromatic N) is 2. The summed E-state index contributed by atoms with van der Waals surface area (Å²) >= 11 is 0. The minimum Gasteiger partial charge on any atom is -0.352 e. The van der Waals surface area contributed by atoms with Crippen molar-refractivity contribution in [1.29, 1.82) is 0 Å². The van der Waals surface area contributed by atoms with E-state index in [4.69, 9.17) is 0 Å². The summed E-state index contributed by atoms with van der Waals surface area (Å²) in [7, 11) is 0. The van der Waals surface area contributed by atoms with Gasteiger partial charge >= 0.3 is 6.18 Å². The molecule has 0 spiro atoms. The molecule has 192 valence electrons. The van der Waals surface area contributed by atoms with Crippen LogP contribution in [0.3, 0.4) is 0 Å². The summed E-state index contributed by atoms with van der Waals surface area (Å²) in [4.78, 5) is 25.2. The minimum absolute atomic E-state index is 0.0812. The molecular weight excluding hydrogens is 481 g/mol. The third-order valence-electron chi connectivity index (χ3n) is 5.79. The van der Waals surface area contributed by atoms with E-state index < -0.39 is 17.2 Å². The van der Waals surface area contributed by atoms with Crippen molar-refractivity contribution >= 4 is 28.4 Å². The molecule has 37 heavy (non-hydrogen) atoms. The molecule has 0 unspecified atom stereocenters. The van der Waals surface area contributed by atoms with E-state index >= 15 is 0 Å². The van der Waals surface area contributed by atoms with Gasteiger partial charge in [-0.25, -0.2) is 0 Å². The molecule has 4 rings (SSSR count). The number of aromatic nitrogens is 2. The van der Waals surface area contributed by atoms with Crippen LogP contribution in [0, 0.1) is 5.41 Å². The molecule has 0 bridgehead atoms. The summed E-state index contributed by atoms with van der Waals surface area (Å²) in [5.74, 6) is -0.394. The number of carbonyl (C=O) groups excluding carboxylic acids is 2. The van der Waals surface area contributed by atoms with E-state index in [1.54, 1.807) is 47.3 Å². The average molecular weight is 509 g/mol. The first-order valence-corrected chi connectivity index (χ1v) is 11.7. The van der Waals surface area contributed by atoms with Gasteiger partial charge in [-0.2, -0.15) is 18.3 Å². The Morgan fingerprint density at radius 2 is 1.62 bits per heavy atom. The number of anilines is 1. The van der Waals surface area contributed by atoms with Crippen LogP contribution in [-0.2, 0) is 24.1 Å². The van der Waals surface area contributed by atoms with Crippen molar-refractivity contribution < 1.29 is 22.8 Å². The number of halogens is 3. The van der Waals surface area contributed by atoms with Gasteiger partial charge in [0.1, 0.15) is 0 Å². The molecule has 0 aliphatic carbocycles. The van der Waals surface area contributed by atoms with Crippen molar-refractivity contribution in [2.45, 2.75) is 40.0 Å². The molecule has 3 aromatic carbocycles. The Morgan fingerprint density at radius 3 is 2.30 bits per heavy atom. The summed E-state index contributed by atoms with van der Waals surface area (Å²) in [6.45, 7) is 6.08. The molecule has 0 atom stereocenters. The summed E-state index contributed by atoms with van der Waals surface area (Å²) in [6.07, 6.45) is -2.63. The lowest BCUT2D eigenvalue weighted by Gasteiger charge is -2.17. The van der Waals surface area contributed by atoms with Crippen LogP contribution in [0.25, 0.3) is 10.9 Å². The fourth-order valence-corrected chi connectivity index (χ4v) is 3.73. The topological polar surface area (TPSA) is 76.0 Å². The second-order valence-corrected chi connectivity index (χ2v) is 9.85. The summed E-state index contributed by atoms with van der Waals surface area (Å²) in [5.41, 5.74) is 1.90. The zero-order chi connectivity index (χ0) is 26.8. The number of nitrogens with one attached hydrogen (secondary N) is 2. The Hall–Kier alpha value is -4.14. The zero-order valence-electron chi connectivity index (χ0n) is 20.7. The Kier molecular flexibility index (Phi) is 7.07. The first-order chi connectivity index (χ1) is 17.4. The van der Waals surface area contributed by atoms with Crippen LogP contribution in [0.4, 0.5) is 18.9 Å². The fourth-order valence-electron chi connectivity index (χ4n) is 3.73. The quantitative estimate of drug-likeness (QED) is 0.335. The maximum atomic E-state index is 13.0. The van der Waals surface area contributed by atoms with Crippen molar-refractivity contribution in [3.63, 3.8) is 0 Å². The van der Waals surface area contributed by atoms with E-state index in [0.29, 0.717) is 34.3 Å². The van der Waals surface area contributed by atoms with Gasteiger partial charge in [-0.05, 0) is 47.5 Å². The number of rotatable bonds is 6. The highest BCUT2D eigenvalue weighted by atomic mass is 19.4. The van der Waals surface area contributed by atoms with Gasteiger partial charge in [-0.15, -0.1) is 0 Å². The molecule has 0 saturated heterocycles. The van der Waals surface area contributed by atoms with E-state index in [1.165, 1.54) is 12.1 Å². The number of benzene rings is 3. The lowest BCUT2D eigenvalue weighted by atomic mass is 9.95. The highest BCUT2D eigenvalue weighted by Crippen LogP contribution is 2.29. The molecule has 2 amide bonds. The first kappa shape index (κ1) is 25.9. The smallest absolute Gasteiger partial charge is 0.352 e. The van der Waals surface area contributed by atoms with Crippen molar-refractivity contribution in [2.75, 3.05) is 5.32 Å². The zero-order valence-corrected chi connectivity index (χ0v) is 20.7. The molecule has 6 nitrogen and oxygen atoms in total. The molecule has 0 aliphatic rings. The van der Waals surface area contributed by atoms with E-state index in [0.717, 1.165) is 17.7 Å². The number of hydrogen-bond acceptors (Lipinski definition) is 3. The van der Waals surface area contributed by atoms with E-state index in [-0.39, 0.29) is 18.4 Å². The van der Waals surface area contributed by atoms with Gasteiger partial charge in [-0.1, -0.05) is 51.1 Å². The Balaban J connectivity index is 1.48. The van der Waals surface area contributed by atoms with E-state index in [2.05, 4.69) is 15.7 Å². The highest BCUT2D eigenvalue weighted by Gasteiger charge is 2.30. The van der Waals surface area contributed by atoms with Crippen molar-refractivity contribution in [2.24, 2.45) is 5.41 Å². The largest absolute Gasteiger partial charge is 0.416 e. The van der Waals surface area contributed by atoms with Crippen LogP contribution in [0.2, 0.25) is 0 Å². The maximum absolute atomic E-state index is 13.0. The highest BCUT2D eigenvalue weighted by molar-refractivity contribution is 6.08. The van der Waals surface area contributed by atoms with Gasteiger partial charge in [0, 0.05) is 29.1 Å². The number of hydrogen-bond donors (Lipinski definition) is 2. The normalized spacial score (nSPS) is 11.9. The summed E-state index contributed by atoms with van der Waals surface area (Å²) in [6, 6.07) is 17.3. The molecule has 4 aromatic rings. The predicted octanol–water partition coefficient (Wildman–Crippen LogP) is 6.02. The van der Waals surface area contributed by atoms with E-state index in [1.807, 2.05) is 26.8 Å². The lowest BCUT2D eigenvalue weighted by molar-refractivity contribution is -0.137. The van der Waals surface area contributed by atoms with Crippen LogP contribution in [0.1, 0.15) is 47.8 Å². The van der Waals surface area contributed by atoms with Crippen molar-refractivity contribution in [3.05, 3.63) is 95.2 Å². The molecule has 1 aromatic heterocycles. The Labute approximate surface area is 212 Å². The van der Waals surface area contributed by atoms with Crippen LogP contribution in [0.15, 0.2) is 72.9 Å². The van der Waals surface area contributed by atoms with Crippen molar-refractivity contribution in [1.82, 2.24) is 15.1 Å². The van der Waals surface area contributed by atoms with Gasteiger partial charge in [0.25, 0.3) is 5.91 Å². The monoisotopic (exact) mass is 508 g/mol. The van der Waals surface area contributed by atoms with Crippen LogP contribution in [0.5, 0.6) is 0 Å². The molecule has 0 saturated carbocycles. The average Bonchev–Trinajstić information content (AvgIpc) is 3.25. The molecular formula is C28H27F3N4O2. The van der Waals surface area contributed by atoms with Crippen LogP contribution < -0.4 is 10.6 Å². The third-order valence-corrected chi connectivity index (χ3v) is 5.79. The summed E-state index contributed by atoms with van der Waals surface area (Å²) in [5, 5.41) is 11.0. The molecule has 1 heterocycles. The van der Waals surface area contributed by atoms with Crippen molar-refractivity contribution in [3.8, 4) is 0 Å². The SMILES string of the molecule is CC(C)(C)C(=O)NCc1cccc(C(=O)Nc2cccc3nn(Cc4ccc(C(F)(F)F)cc4)cc23)c1. The van der Waals surface area contributed by atoms with Gasteiger partial charge < -0.3 is 10.6 Å². The van der Waals surface area contributed by atoms with E-state index in [9.17, 15) is 22.8 Å². The summed E-state index contributed by atoms with van der Waals surface area (Å²) < 4.78 is 40.1. The Morgan fingerprint density at radius 1 is 0.919 bits per heavy atom. The second kappa shape index (κ2) is 10.1. The van der Waals surface area contributed by atoms with Gasteiger partial charge in [-0.3, -0.25) is 14.3 Å². The lowest BCUT2D eigenvalue weighted by Crippen LogP contribution is -2.34. The second-order valence-electron chi connectivity index (χ2n) is 9.85. The molecule has 9 heteroatoms.